The molecule has 100 valence electrons. The molecule has 4 nitrogen and oxygen atoms in total. The molecule has 1 aliphatic heterocycles. The standard InChI is InChI=1S/C15H19N3O/c1-10-6-12(9-19-10)15(18-16)14-8-17-7-11-4-2-3-5-13(11)14/h2-5,7-8,10,12,15,18H,6,9,16H2,1H3. The van der Waals surface area contributed by atoms with Crippen LogP contribution in [-0.2, 0) is 4.74 Å². The Labute approximate surface area is 112 Å². The van der Waals surface area contributed by atoms with Gasteiger partial charge >= 0.3 is 0 Å². The van der Waals surface area contributed by atoms with E-state index in [1.165, 1.54) is 5.39 Å². The van der Waals surface area contributed by atoms with E-state index in [0.29, 0.717) is 12.0 Å². The van der Waals surface area contributed by atoms with Crippen LogP contribution < -0.4 is 11.3 Å². The van der Waals surface area contributed by atoms with E-state index in [4.69, 9.17) is 10.6 Å². The van der Waals surface area contributed by atoms with Gasteiger partial charge in [0.2, 0.25) is 0 Å². The molecule has 0 bridgehead atoms. The van der Waals surface area contributed by atoms with Crippen molar-refractivity contribution in [1.82, 2.24) is 10.4 Å². The van der Waals surface area contributed by atoms with Crippen molar-refractivity contribution in [1.29, 1.82) is 0 Å². The third-order valence-corrected chi connectivity index (χ3v) is 3.91. The number of aromatic nitrogens is 1. The molecule has 1 saturated heterocycles. The fourth-order valence-electron chi connectivity index (χ4n) is 2.95. The van der Waals surface area contributed by atoms with E-state index >= 15 is 0 Å². The van der Waals surface area contributed by atoms with E-state index in [2.05, 4.69) is 29.5 Å². The van der Waals surface area contributed by atoms with E-state index < -0.39 is 0 Å². The van der Waals surface area contributed by atoms with E-state index in [1.54, 1.807) is 0 Å². The summed E-state index contributed by atoms with van der Waals surface area (Å²) in [7, 11) is 0. The number of ether oxygens (including phenoxy) is 1. The van der Waals surface area contributed by atoms with Crippen LogP contribution in [0.4, 0.5) is 0 Å². The quantitative estimate of drug-likeness (QED) is 0.653. The van der Waals surface area contributed by atoms with Crippen LogP contribution in [0, 0.1) is 5.92 Å². The Morgan fingerprint density at radius 2 is 2.21 bits per heavy atom. The molecule has 1 fully saturated rings. The number of hydrogen-bond acceptors (Lipinski definition) is 4. The number of pyridine rings is 1. The Balaban J connectivity index is 2.01. The fourth-order valence-corrected chi connectivity index (χ4v) is 2.95. The van der Waals surface area contributed by atoms with Crippen LogP contribution in [0.3, 0.4) is 0 Å². The van der Waals surface area contributed by atoms with Crippen molar-refractivity contribution in [2.75, 3.05) is 6.61 Å². The first-order chi connectivity index (χ1) is 9.29. The number of nitrogens with zero attached hydrogens (tertiary/aromatic N) is 1. The smallest absolute Gasteiger partial charge is 0.0551 e. The molecular formula is C15H19N3O. The molecule has 0 amide bonds. The highest BCUT2D eigenvalue weighted by Crippen LogP contribution is 2.33. The van der Waals surface area contributed by atoms with Gasteiger partial charge in [-0.2, -0.15) is 0 Å². The van der Waals surface area contributed by atoms with Crippen LogP contribution >= 0.6 is 0 Å². The van der Waals surface area contributed by atoms with Gasteiger partial charge in [-0.05, 0) is 24.3 Å². The maximum Gasteiger partial charge on any atom is 0.0551 e. The third-order valence-electron chi connectivity index (χ3n) is 3.91. The number of nitrogens with one attached hydrogen (secondary N) is 1. The van der Waals surface area contributed by atoms with E-state index in [-0.39, 0.29) is 6.04 Å². The lowest BCUT2D eigenvalue weighted by Gasteiger charge is -2.23. The van der Waals surface area contributed by atoms with Gasteiger partial charge in [-0.1, -0.05) is 24.3 Å². The minimum absolute atomic E-state index is 0.0866. The van der Waals surface area contributed by atoms with Gasteiger partial charge < -0.3 is 4.74 Å². The van der Waals surface area contributed by atoms with Gasteiger partial charge in [-0.25, -0.2) is 0 Å². The number of fused-ring (bicyclic) bond motifs is 1. The van der Waals surface area contributed by atoms with E-state index in [1.807, 2.05) is 24.5 Å². The lowest BCUT2D eigenvalue weighted by atomic mass is 9.90. The molecular weight excluding hydrogens is 238 g/mol. The Kier molecular flexibility index (Phi) is 3.46. The predicted octanol–water partition coefficient (Wildman–Crippen LogP) is 2.16. The molecule has 1 aromatic heterocycles. The molecule has 3 rings (SSSR count). The maximum atomic E-state index is 5.79. The largest absolute Gasteiger partial charge is 0.378 e. The summed E-state index contributed by atoms with van der Waals surface area (Å²) in [5.41, 5.74) is 4.11. The normalized spacial score (nSPS) is 24.7. The fraction of sp³-hybridized carbons (Fsp3) is 0.400. The minimum atomic E-state index is 0.0866. The molecule has 1 aliphatic rings. The van der Waals surface area contributed by atoms with Gasteiger partial charge in [0.15, 0.2) is 0 Å². The lowest BCUT2D eigenvalue weighted by molar-refractivity contribution is 0.117. The van der Waals surface area contributed by atoms with E-state index in [0.717, 1.165) is 24.0 Å². The second-order valence-corrected chi connectivity index (χ2v) is 5.23. The topological polar surface area (TPSA) is 60.2 Å². The zero-order chi connectivity index (χ0) is 13.2. The summed E-state index contributed by atoms with van der Waals surface area (Å²) < 4.78 is 5.67. The van der Waals surface area contributed by atoms with Crippen molar-refractivity contribution >= 4 is 10.8 Å². The molecule has 3 atom stereocenters. The van der Waals surface area contributed by atoms with Crippen LogP contribution in [0.25, 0.3) is 10.8 Å². The van der Waals surface area contributed by atoms with Crippen LogP contribution in [0.1, 0.15) is 24.9 Å². The second kappa shape index (κ2) is 5.25. The summed E-state index contributed by atoms with van der Waals surface area (Å²) in [5, 5.41) is 2.35. The summed E-state index contributed by atoms with van der Waals surface area (Å²) in [6.45, 7) is 2.86. The van der Waals surface area contributed by atoms with Crippen molar-refractivity contribution < 1.29 is 4.74 Å². The molecule has 0 aliphatic carbocycles. The number of benzene rings is 1. The highest BCUT2D eigenvalue weighted by Gasteiger charge is 2.30. The number of rotatable bonds is 3. The van der Waals surface area contributed by atoms with Gasteiger partial charge in [-0.15, -0.1) is 0 Å². The highest BCUT2D eigenvalue weighted by atomic mass is 16.5. The van der Waals surface area contributed by atoms with Crippen molar-refractivity contribution in [3.8, 4) is 0 Å². The Morgan fingerprint density at radius 1 is 1.37 bits per heavy atom. The Bertz CT molecular complexity index is 567. The first-order valence-electron chi connectivity index (χ1n) is 6.70. The van der Waals surface area contributed by atoms with Gasteiger partial charge in [0.25, 0.3) is 0 Å². The number of nitrogens with two attached hydrogens (primary N) is 1. The lowest BCUT2D eigenvalue weighted by Crippen LogP contribution is -2.34. The molecule has 3 unspecified atom stereocenters. The summed E-state index contributed by atoms with van der Waals surface area (Å²) in [6, 6.07) is 8.36. The maximum absolute atomic E-state index is 5.79. The minimum Gasteiger partial charge on any atom is -0.378 e. The van der Waals surface area contributed by atoms with Crippen LogP contribution in [-0.4, -0.2) is 17.7 Å². The van der Waals surface area contributed by atoms with Crippen LogP contribution in [0.15, 0.2) is 36.7 Å². The van der Waals surface area contributed by atoms with Gasteiger partial charge in [-0.3, -0.25) is 16.3 Å². The van der Waals surface area contributed by atoms with Gasteiger partial charge in [0, 0.05) is 23.7 Å². The zero-order valence-electron chi connectivity index (χ0n) is 11.0. The highest BCUT2D eigenvalue weighted by molar-refractivity contribution is 5.85. The summed E-state index contributed by atoms with van der Waals surface area (Å²) >= 11 is 0. The van der Waals surface area contributed by atoms with Crippen molar-refractivity contribution in [3.63, 3.8) is 0 Å². The molecule has 3 N–H and O–H groups in total. The van der Waals surface area contributed by atoms with Crippen molar-refractivity contribution in [2.24, 2.45) is 11.8 Å². The average molecular weight is 257 g/mol. The van der Waals surface area contributed by atoms with Crippen LogP contribution in [0.2, 0.25) is 0 Å². The molecule has 4 heteroatoms. The summed E-state index contributed by atoms with van der Waals surface area (Å²) in [6.07, 6.45) is 5.14. The summed E-state index contributed by atoms with van der Waals surface area (Å²) in [4.78, 5) is 4.34. The van der Waals surface area contributed by atoms with Crippen molar-refractivity contribution in [2.45, 2.75) is 25.5 Å². The number of hydrazine groups is 1. The SMILES string of the molecule is CC1CC(C(NN)c2cncc3ccccc23)CO1. The first kappa shape index (κ1) is 12.5. The summed E-state index contributed by atoms with van der Waals surface area (Å²) in [5.74, 6) is 6.18. The molecule has 0 spiro atoms. The zero-order valence-corrected chi connectivity index (χ0v) is 11.0. The third kappa shape index (κ3) is 2.34. The van der Waals surface area contributed by atoms with Gasteiger partial charge in [0.05, 0.1) is 18.8 Å². The molecule has 0 radical (unpaired) electrons. The Hall–Kier alpha value is -1.49. The molecule has 2 heterocycles. The first-order valence-corrected chi connectivity index (χ1v) is 6.70. The monoisotopic (exact) mass is 257 g/mol. The molecule has 0 saturated carbocycles. The molecule has 19 heavy (non-hydrogen) atoms. The predicted molar refractivity (Wildman–Crippen MR) is 75.3 cm³/mol. The van der Waals surface area contributed by atoms with Gasteiger partial charge in [0.1, 0.15) is 0 Å². The molecule has 1 aromatic carbocycles. The van der Waals surface area contributed by atoms with Crippen LogP contribution in [0.5, 0.6) is 0 Å². The Morgan fingerprint density at radius 3 is 2.95 bits per heavy atom. The number of hydrogen-bond donors (Lipinski definition) is 2. The average Bonchev–Trinajstić information content (AvgIpc) is 2.86. The van der Waals surface area contributed by atoms with Crippen molar-refractivity contribution in [3.05, 3.63) is 42.2 Å². The van der Waals surface area contributed by atoms with E-state index in [9.17, 15) is 0 Å². The molecule has 2 aromatic rings. The second-order valence-electron chi connectivity index (χ2n) is 5.23.